The van der Waals surface area contributed by atoms with Crippen LogP contribution in [0.4, 0.5) is 8.78 Å². The first-order chi connectivity index (χ1) is 10.1. The Morgan fingerprint density at radius 3 is 2.86 bits per heavy atom. The zero-order valence-electron chi connectivity index (χ0n) is 10.9. The Kier molecular flexibility index (Phi) is 4.89. The van der Waals surface area contributed by atoms with Crippen molar-refractivity contribution in [2.24, 2.45) is 0 Å². The van der Waals surface area contributed by atoms with Crippen molar-refractivity contribution in [3.63, 3.8) is 0 Å². The number of aliphatic hydroxyl groups is 1. The molecule has 0 bridgehead atoms. The van der Waals surface area contributed by atoms with E-state index in [4.69, 9.17) is 9.15 Å². The lowest BCUT2D eigenvalue weighted by molar-refractivity contribution is -0.123. The number of halogens is 2. The Morgan fingerprint density at radius 1 is 1.38 bits per heavy atom. The van der Waals surface area contributed by atoms with E-state index < -0.39 is 30.3 Å². The van der Waals surface area contributed by atoms with Gasteiger partial charge in [-0.15, -0.1) is 0 Å². The Bertz CT molecular complexity index is 601. The lowest BCUT2D eigenvalue weighted by Crippen LogP contribution is -2.32. The molecule has 2 rings (SSSR count). The molecule has 0 aliphatic rings. The molecule has 2 aromatic rings. The molecule has 0 spiro atoms. The maximum absolute atomic E-state index is 13.3. The summed E-state index contributed by atoms with van der Waals surface area (Å²) in [6.45, 7) is -0.519. The van der Waals surface area contributed by atoms with Crippen LogP contribution < -0.4 is 10.1 Å². The summed E-state index contributed by atoms with van der Waals surface area (Å²) < 4.78 is 35.8. The summed E-state index contributed by atoms with van der Waals surface area (Å²) in [5.41, 5.74) is 0. The van der Waals surface area contributed by atoms with Gasteiger partial charge in [-0.2, -0.15) is 0 Å². The van der Waals surface area contributed by atoms with Crippen molar-refractivity contribution >= 4 is 5.91 Å². The highest BCUT2D eigenvalue weighted by molar-refractivity contribution is 5.77. The summed E-state index contributed by atoms with van der Waals surface area (Å²) in [7, 11) is 0. The molecule has 1 atom stereocenters. The first-order valence-corrected chi connectivity index (χ1v) is 6.12. The van der Waals surface area contributed by atoms with Crippen LogP contribution in [0, 0.1) is 11.6 Å². The molecular weight excluding hydrogens is 284 g/mol. The van der Waals surface area contributed by atoms with Crippen molar-refractivity contribution in [1.82, 2.24) is 5.32 Å². The van der Waals surface area contributed by atoms with Gasteiger partial charge in [-0.3, -0.25) is 4.79 Å². The molecule has 0 saturated carbocycles. The van der Waals surface area contributed by atoms with Crippen molar-refractivity contribution < 1.29 is 27.8 Å². The molecule has 1 aromatic heterocycles. The van der Waals surface area contributed by atoms with E-state index in [9.17, 15) is 18.7 Å². The molecular formula is C14H13F2NO4. The molecule has 1 aromatic carbocycles. The van der Waals surface area contributed by atoms with Gasteiger partial charge in [0.2, 0.25) is 0 Å². The zero-order chi connectivity index (χ0) is 15.2. The number of furan rings is 1. The molecule has 0 saturated heterocycles. The average molecular weight is 297 g/mol. The van der Waals surface area contributed by atoms with Gasteiger partial charge >= 0.3 is 0 Å². The fourth-order valence-corrected chi connectivity index (χ4v) is 1.58. The molecule has 21 heavy (non-hydrogen) atoms. The van der Waals surface area contributed by atoms with Crippen LogP contribution >= 0.6 is 0 Å². The smallest absolute Gasteiger partial charge is 0.258 e. The Morgan fingerprint density at radius 2 is 2.19 bits per heavy atom. The van der Waals surface area contributed by atoms with Gasteiger partial charge in [0.25, 0.3) is 5.91 Å². The number of carbonyl (C=O) groups is 1. The monoisotopic (exact) mass is 297 g/mol. The topological polar surface area (TPSA) is 71.7 Å². The highest BCUT2D eigenvalue weighted by atomic mass is 19.1. The maximum Gasteiger partial charge on any atom is 0.258 e. The molecule has 0 radical (unpaired) electrons. The molecule has 0 fully saturated rings. The van der Waals surface area contributed by atoms with Crippen molar-refractivity contribution in [2.75, 3.05) is 13.2 Å². The fourth-order valence-electron chi connectivity index (χ4n) is 1.58. The van der Waals surface area contributed by atoms with Crippen molar-refractivity contribution in [3.8, 4) is 5.75 Å². The molecule has 1 unspecified atom stereocenters. The number of ether oxygens (including phenoxy) is 1. The summed E-state index contributed by atoms with van der Waals surface area (Å²) in [6.07, 6.45) is 0.423. The minimum Gasteiger partial charge on any atom is -0.481 e. The molecule has 1 heterocycles. The number of hydrogen-bond donors (Lipinski definition) is 2. The summed E-state index contributed by atoms with van der Waals surface area (Å²) in [5, 5.41) is 12.1. The van der Waals surface area contributed by atoms with Gasteiger partial charge in [-0.25, -0.2) is 8.78 Å². The third-order valence-electron chi connectivity index (χ3n) is 2.62. The normalized spacial score (nSPS) is 12.0. The van der Waals surface area contributed by atoms with Crippen LogP contribution in [0.1, 0.15) is 11.9 Å². The van der Waals surface area contributed by atoms with E-state index in [0.29, 0.717) is 11.8 Å². The standard InChI is InChI=1S/C14H13F2NO4/c15-9-3-4-12(10(16)6-9)21-8-14(19)17-7-11(18)13-2-1-5-20-13/h1-6,11,18H,7-8H2,(H,17,19). The Hall–Kier alpha value is -2.41. The van der Waals surface area contributed by atoms with Gasteiger partial charge in [-0.1, -0.05) is 0 Å². The van der Waals surface area contributed by atoms with Crippen LogP contribution in [0.15, 0.2) is 41.0 Å². The summed E-state index contributed by atoms with van der Waals surface area (Å²) in [6, 6.07) is 5.96. The number of hydrogen-bond acceptors (Lipinski definition) is 4. The Labute approximate surface area is 119 Å². The molecule has 1 amide bonds. The van der Waals surface area contributed by atoms with Gasteiger partial charge in [0.15, 0.2) is 18.2 Å². The van der Waals surface area contributed by atoms with Crippen LogP contribution in [0.3, 0.4) is 0 Å². The third kappa shape index (κ3) is 4.28. The summed E-state index contributed by atoms with van der Waals surface area (Å²) in [5.74, 6) is -2.08. The zero-order valence-corrected chi connectivity index (χ0v) is 10.9. The molecule has 5 nitrogen and oxygen atoms in total. The van der Waals surface area contributed by atoms with Crippen LogP contribution in [-0.2, 0) is 4.79 Å². The van der Waals surface area contributed by atoms with Crippen LogP contribution in [0.5, 0.6) is 5.75 Å². The van der Waals surface area contributed by atoms with Crippen LogP contribution in [0.25, 0.3) is 0 Å². The van der Waals surface area contributed by atoms with Gasteiger partial charge in [0, 0.05) is 6.07 Å². The number of amides is 1. The first kappa shape index (κ1) is 15.0. The third-order valence-corrected chi connectivity index (χ3v) is 2.62. The minimum absolute atomic E-state index is 0.0679. The maximum atomic E-state index is 13.3. The molecule has 0 aliphatic heterocycles. The van der Waals surface area contributed by atoms with E-state index in [-0.39, 0.29) is 12.3 Å². The van der Waals surface area contributed by atoms with E-state index in [0.717, 1.165) is 12.1 Å². The molecule has 2 N–H and O–H groups in total. The van der Waals surface area contributed by atoms with Gasteiger partial charge in [0.05, 0.1) is 12.8 Å². The highest BCUT2D eigenvalue weighted by Crippen LogP contribution is 2.17. The average Bonchev–Trinajstić information content (AvgIpc) is 2.98. The van der Waals surface area contributed by atoms with E-state index >= 15 is 0 Å². The van der Waals surface area contributed by atoms with E-state index in [1.54, 1.807) is 12.1 Å². The quantitative estimate of drug-likeness (QED) is 0.852. The van der Waals surface area contributed by atoms with Gasteiger partial charge in [-0.05, 0) is 24.3 Å². The number of rotatable bonds is 6. The predicted molar refractivity (Wildman–Crippen MR) is 68.5 cm³/mol. The van der Waals surface area contributed by atoms with Crippen molar-refractivity contribution in [1.29, 1.82) is 0 Å². The van der Waals surface area contributed by atoms with E-state index in [1.807, 2.05) is 0 Å². The van der Waals surface area contributed by atoms with Crippen molar-refractivity contribution in [2.45, 2.75) is 6.10 Å². The summed E-state index contributed by atoms with van der Waals surface area (Å²) >= 11 is 0. The molecule has 0 aliphatic carbocycles. The van der Waals surface area contributed by atoms with E-state index in [2.05, 4.69) is 5.32 Å². The number of carbonyl (C=O) groups excluding carboxylic acids is 1. The number of aliphatic hydroxyl groups excluding tert-OH is 1. The lowest BCUT2D eigenvalue weighted by Gasteiger charge is -2.10. The molecule has 112 valence electrons. The lowest BCUT2D eigenvalue weighted by atomic mass is 10.3. The summed E-state index contributed by atoms with van der Waals surface area (Å²) in [4.78, 5) is 11.5. The highest BCUT2D eigenvalue weighted by Gasteiger charge is 2.13. The first-order valence-electron chi connectivity index (χ1n) is 6.12. The largest absolute Gasteiger partial charge is 0.481 e. The second kappa shape index (κ2) is 6.85. The van der Waals surface area contributed by atoms with Crippen molar-refractivity contribution in [3.05, 3.63) is 54.0 Å². The van der Waals surface area contributed by atoms with E-state index in [1.165, 1.54) is 6.26 Å². The second-order valence-corrected chi connectivity index (χ2v) is 4.20. The minimum atomic E-state index is -0.980. The second-order valence-electron chi connectivity index (χ2n) is 4.20. The predicted octanol–water partition coefficient (Wildman–Crippen LogP) is 1.79. The van der Waals surface area contributed by atoms with Crippen LogP contribution in [-0.4, -0.2) is 24.2 Å². The van der Waals surface area contributed by atoms with Crippen LogP contribution in [0.2, 0.25) is 0 Å². The number of nitrogens with one attached hydrogen (secondary N) is 1. The molecule has 7 heteroatoms. The fraction of sp³-hybridized carbons (Fsp3) is 0.214. The number of benzene rings is 1. The SMILES string of the molecule is O=C(COc1ccc(F)cc1F)NCC(O)c1ccco1. The van der Waals surface area contributed by atoms with Gasteiger partial charge in [0.1, 0.15) is 17.7 Å². The Balaban J connectivity index is 1.77. The van der Waals surface area contributed by atoms with Gasteiger partial charge < -0.3 is 19.6 Å².